The number of aliphatic hydroxyl groups excluding tert-OH is 1. The first-order valence-corrected chi connectivity index (χ1v) is 7.85. The number of hydrogen-bond donors (Lipinski definition) is 2. The first kappa shape index (κ1) is 12.2. The first-order valence-electron chi connectivity index (χ1n) is 6.41. The fourth-order valence-electron chi connectivity index (χ4n) is 2.16. The fourth-order valence-corrected chi connectivity index (χ4v) is 3.94. The number of nitrogens with one attached hydrogen (secondary N) is 1. The van der Waals surface area contributed by atoms with Gasteiger partial charge in [0.25, 0.3) is 0 Å². The van der Waals surface area contributed by atoms with E-state index in [0.29, 0.717) is 18.2 Å². The van der Waals surface area contributed by atoms with Gasteiger partial charge >= 0.3 is 0 Å². The van der Waals surface area contributed by atoms with Crippen molar-refractivity contribution in [3.8, 4) is 0 Å². The van der Waals surface area contributed by atoms with Crippen LogP contribution in [0, 0.1) is 5.92 Å². The Hall–Kier alpha value is -0.850. The summed E-state index contributed by atoms with van der Waals surface area (Å²) in [6.07, 6.45) is 5.72. The zero-order chi connectivity index (χ0) is 12.8. The second kappa shape index (κ2) is 4.36. The monoisotopic (exact) mass is 270 g/mol. The Morgan fingerprint density at radius 3 is 2.56 bits per heavy atom. The predicted octanol–water partition coefficient (Wildman–Crippen LogP) is 1.07. The molecule has 0 aromatic carbocycles. The summed E-state index contributed by atoms with van der Waals surface area (Å²) in [6.45, 7) is 0.494. The highest BCUT2D eigenvalue weighted by Crippen LogP contribution is 2.38. The molecule has 1 aromatic heterocycles. The Balaban J connectivity index is 1.85. The highest BCUT2D eigenvalue weighted by Gasteiger charge is 2.41. The molecule has 5 nitrogen and oxygen atoms in total. The van der Waals surface area contributed by atoms with Crippen molar-refractivity contribution in [3.05, 3.63) is 18.0 Å². The minimum atomic E-state index is -3.39. The van der Waals surface area contributed by atoms with Crippen molar-refractivity contribution < 1.29 is 13.5 Å². The van der Waals surface area contributed by atoms with E-state index in [2.05, 4.69) is 4.98 Å². The van der Waals surface area contributed by atoms with Crippen molar-refractivity contribution in [2.45, 2.75) is 43.2 Å². The minimum Gasteiger partial charge on any atom is -0.390 e. The molecule has 100 valence electrons. The highest BCUT2D eigenvalue weighted by atomic mass is 32.2. The summed E-state index contributed by atoms with van der Waals surface area (Å²) in [7, 11) is -3.39. The van der Waals surface area contributed by atoms with Gasteiger partial charge in [-0.1, -0.05) is 0 Å². The van der Waals surface area contributed by atoms with Crippen LogP contribution >= 0.6 is 0 Å². The van der Waals surface area contributed by atoms with E-state index in [1.165, 1.54) is 12.3 Å². The van der Waals surface area contributed by atoms with Gasteiger partial charge in [0, 0.05) is 24.5 Å². The molecule has 2 saturated carbocycles. The van der Waals surface area contributed by atoms with Crippen LogP contribution in [0.3, 0.4) is 0 Å². The molecule has 0 bridgehead atoms. The zero-order valence-corrected chi connectivity index (χ0v) is 11.0. The largest absolute Gasteiger partial charge is 0.390 e. The lowest BCUT2D eigenvalue weighted by atomic mass is 10.4. The summed E-state index contributed by atoms with van der Waals surface area (Å²) >= 11 is 0. The number of sulfonamides is 1. The average Bonchev–Trinajstić information content (AvgIpc) is 3.24. The third-order valence-electron chi connectivity index (χ3n) is 3.58. The van der Waals surface area contributed by atoms with E-state index < -0.39 is 10.0 Å². The summed E-state index contributed by atoms with van der Waals surface area (Å²) < 4.78 is 26.7. The summed E-state index contributed by atoms with van der Waals surface area (Å²) in [5, 5.41) is 8.99. The van der Waals surface area contributed by atoms with Gasteiger partial charge in [-0.3, -0.25) is 0 Å². The van der Waals surface area contributed by atoms with Gasteiger partial charge in [-0.25, -0.2) is 8.42 Å². The Labute approximate surface area is 107 Å². The second-order valence-corrected chi connectivity index (χ2v) is 7.16. The van der Waals surface area contributed by atoms with Crippen LogP contribution in [0.2, 0.25) is 0 Å². The molecule has 0 radical (unpaired) electrons. The van der Waals surface area contributed by atoms with E-state index in [9.17, 15) is 8.42 Å². The third kappa shape index (κ3) is 2.32. The van der Waals surface area contributed by atoms with Crippen molar-refractivity contribution in [1.29, 1.82) is 0 Å². The third-order valence-corrected chi connectivity index (χ3v) is 5.48. The van der Waals surface area contributed by atoms with Crippen LogP contribution < -0.4 is 0 Å². The molecule has 1 aromatic rings. The van der Waals surface area contributed by atoms with E-state index in [4.69, 9.17) is 5.11 Å². The van der Waals surface area contributed by atoms with Gasteiger partial charge in [0.1, 0.15) is 0 Å². The van der Waals surface area contributed by atoms with Gasteiger partial charge in [-0.05, 0) is 37.7 Å². The van der Waals surface area contributed by atoms with Crippen molar-refractivity contribution in [1.82, 2.24) is 9.29 Å². The summed E-state index contributed by atoms with van der Waals surface area (Å²) in [4.78, 5) is 3.07. The maximum Gasteiger partial charge on any atom is 0.244 e. The molecule has 0 atom stereocenters. The lowest BCUT2D eigenvalue weighted by molar-refractivity contribution is 0.277. The van der Waals surface area contributed by atoms with E-state index in [0.717, 1.165) is 25.7 Å². The molecule has 1 heterocycles. The Bertz CT molecular complexity index is 529. The molecule has 0 aliphatic heterocycles. The van der Waals surface area contributed by atoms with Gasteiger partial charge in [-0.15, -0.1) is 0 Å². The van der Waals surface area contributed by atoms with Crippen molar-refractivity contribution in [2.75, 3.05) is 6.54 Å². The normalized spacial score (nSPS) is 20.6. The number of H-pyrrole nitrogens is 1. The molecular weight excluding hydrogens is 252 g/mol. The number of aliphatic hydroxyl groups is 1. The molecule has 18 heavy (non-hydrogen) atoms. The number of hydrogen-bond acceptors (Lipinski definition) is 3. The molecule has 2 N–H and O–H groups in total. The number of aromatic nitrogens is 1. The maximum absolute atomic E-state index is 12.5. The van der Waals surface area contributed by atoms with Crippen LogP contribution in [0.5, 0.6) is 0 Å². The predicted molar refractivity (Wildman–Crippen MR) is 66.4 cm³/mol. The summed E-state index contributed by atoms with van der Waals surface area (Å²) in [5.74, 6) is 0.552. The minimum absolute atomic E-state index is 0.165. The summed E-state index contributed by atoms with van der Waals surface area (Å²) in [5.41, 5.74) is 0.538. The number of nitrogens with zero attached hydrogens (tertiary/aromatic N) is 1. The lowest BCUT2D eigenvalue weighted by Gasteiger charge is -2.20. The van der Waals surface area contributed by atoms with Crippen LogP contribution in [0.4, 0.5) is 0 Å². The van der Waals surface area contributed by atoms with Crippen molar-refractivity contribution in [2.24, 2.45) is 5.92 Å². The standard InChI is InChI=1S/C12H18N2O3S/c15-8-10-5-12(6-13-10)18(16,17)14(11-3-4-11)7-9-1-2-9/h5-6,9,11,13,15H,1-4,7-8H2. The summed E-state index contributed by atoms with van der Waals surface area (Å²) in [6, 6.07) is 1.72. The van der Waals surface area contributed by atoms with Crippen LogP contribution in [-0.2, 0) is 16.6 Å². The molecule has 2 fully saturated rings. The van der Waals surface area contributed by atoms with Gasteiger partial charge in [-0.2, -0.15) is 4.31 Å². The van der Waals surface area contributed by atoms with Crippen molar-refractivity contribution in [3.63, 3.8) is 0 Å². The van der Waals surface area contributed by atoms with E-state index in [-0.39, 0.29) is 17.5 Å². The number of rotatable bonds is 6. The Kier molecular flexibility index (Phi) is 2.96. The average molecular weight is 270 g/mol. The van der Waals surface area contributed by atoms with Gasteiger partial charge in [0.05, 0.1) is 11.5 Å². The molecular formula is C12H18N2O3S. The van der Waals surface area contributed by atoms with Crippen molar-refractivity contribution >= 4 is 10.0 Å². The van der Waals surface area contributed by atoms with Crippen LogP contribution in [-0.4, -0.2) is 35.4 Å². The van der Waals surface area contributed by atoms with Gasteiger partial charge in [0.15, 0.2) is 0 Å². The maximum atomic E-state index is 12.5. The Morgan fingerprint density at radius 1 is 1.33 bits per heavy atom. The lowest BCUT2D eigenvalue weighted by Crippen LogP contribution is -2.34. The van der Waals surface area contributed by atoms with Gasteiger partial charge < -0.3 is 10.1 Å². The zero-order valence-electron chi connectivity index (χ0n) is 10.2. The second-order valence-electron chi connectivity index (χ2n) is 5.27. The fraction of sp³-hybridized carbons (Fsp3) is 0.667. The van der Waals surface area contributed by atoms with E-state index >= 15 is 0 Å². The molecule has 2 aliphatic rings. The van der Waals surface area contributed by atoms with Crippen LogP contribution in [0.25, 0.3) is 0 Å². The molecule has 6 heteroatoms. The van der Waals surface area contributed by atoms with Crippen LogP contribution in [0.1, 0.15) is 31.4 Å². The smallest absolute Gasteiger partial charge is 0.244 e. The molecule has 0 unspecified atom stereocenters. The molecule has 2 aliphatic carbocycles. The highest BCUT2D eigenvalue weighted by molar-refractivity contribution is 7.89. The first-order chi connectivity index (χ1) is 8.61. The van der Waals surface area contributed by atoms with Gasteiger partial charge in [0.2, 0.25) is 10.0 Å². The Morgan fingerprint density at radius 2 is 2.06 bits per heavy atom. The quantitative estimate of drug-likeness (QED) is 0.812. The van der Waals surface area contributed by atoms with E-state index in [1.54, 1.807) is 4.31 Å². The molecule has 0 spiro atoms. The molecule has 3 rings (SSSR count). The molecule has 0 amide bonds. The van der Waals surface area contributed by atoms with Crippen LogP contribution in [0.15, 0.2) is 17.2 Å². The molecule has 0 saturated heterocycles. The number of aromatic amines is 1. The van der Waals surface area contributed by atoms with E-state index in [1.807, 2.05) is 0 Å². The SMILES string of the molecule is O=S(=O)(c1c[nH]c(CO)c1)N(CC1CC1)C1CC1. The topological polar surface area (TPSA) is 73.4 Å².